The summed E-state index contributed by atoms with van der Waals surface area (Å²) in [5.41, 5.74) is 1.07. The van der Waals surface area contributed by atoms with E-state index in [0.29, 0.717) is 17.7 Å². The van der Waals surface area contributed by atoms with E-state index in [1.807, 2.05) is 12.1 Å². The van der Waals surface area contributed by atoms with Crippen molar-refractivity contribution in [3.63, 3.8) is 0 Å². The predicted molar refractivity (Wildman–Crippen MR) is 103 cm³/mol. The predicted octanol–water partition coefficient (Wildman–Crippen LogP) is 4.51. The molecule has 0 unspecified atom stereocenters. The number of piperazine rings is 1. The Kier molecular flexibility index (Phi) is 8.48. The molecule has 2 fully saturated rings. The number of nitrogens with one attached hydrogen (secondary N) is 1. The van der Waals surface area contributed by atoms with Gasteiger partial charge in [0.15, 0.2) is 0 Å². The molecule has 1 heterocycles. The summed E-state index contributed by atoms with van der Waals surface area (Å²) in [6.07, 6.45) is 3.87. The van der Waals surface area contributed by atoms with Crippen molar-refractivity contribution in [3.05, 3.63) is 26.6 Å². The van der Waals surface area contributed by atoms with Crippen molar-refractivity contribution in [2.24, 2.45) is 5.92 Å². The third-order valence-electron chi connectivity index (χ3n) is 4.51. The Morgan fingerprint density at radius 3 is 2.27 bits per heavy atom. The lowest BCUT2D eigenvalue weighted by molar-refractivity contribution is 0.0814. The van der Waals surface area contributed by atoms with Crippen LogP contribution in [0.1, 0.15) is 30.9 Å². The van der Waals surface area contributed by atoms with E-state index in [1.165, 1.54) is 19.3 Å². The summed E-state index contributed by atoms with van der Waals surface area (Å²) in [6, 6.07) is 4.20. The molecule has 1 aliphatic carbocycles. The first-order valence-corrected chi connectivity index (χ1v) is 8.88. The molecule has 1 atom stereocenters. The molecule has 1 aliphatic heterocycles. The van der Waals surface area contributed by atoms with Gasteiger partial charge in [0.05, 0.1) is 0 Å². The van der Waals surface area contributed by atoms with Crippen LogP contribution in [0.4, 0.5) is 0 Å². The second kappa shape index (κ2) is 9.09. The van der Waals surface area contributed by atoms with Crippen molar-refractivity contribution in [2.75, 3.05) is 26.2 Å². The van der Waals surface area contributed by atoms with Crippen molar-refractivity contribution < 1.29 is 5.11 Å². The number of halogens is 4. The number of hydrogen-bond donors (Lipinski definition) is 2. The molecule has 0 amide bonds. The van der Waals surface area contributed by atoms with Gasteiger partial charge >= 0.3 is 0 Å². The van der Waals surface area contributed by atoms with Gasteiger partial charge in [0.2, 0.25) is 0 Å². The van der Waals surface area contributed by atoms with Gasteiger partial charge in [0.25, 0.3) is 0 Å². The molecule has 0 spiro atoms. The topological polar surface area (TPSA) is 35.5 Å². The number of hydrogen-bond acceptors (Lipinski definition) is 3. The molecule has 1 saturated carbocycles. The van der Waals surface area contributed by atoms with Crippen molar-refractivity contribution in [1.82, 2.24) is 10.2 Å². The molecular weight excluding hydrogens is 455 g/mol. The SMILES string of the molecule is Cl.Cl.Oc1cc(Br)cc(Br)c1[C@@H](C1CCC1)N1CCNCC1. The highest BCUT2D eigenvalue weighted by molar-refractivity contribution is 9.11. The maximum Gasteiger partial charge on any atom is 0.122 e. The summed E-state index contributed by atoms with van der Waals surface area (Å²) in [6.45, 7) is 4.20. The molecule has 1 saturated heterocycles. The summed E-state index contributed by atoms with van der Waals surface area (Å²) >= 11 is 7.10. The average molecular weight is 477 g/mol. The minimum atomic E-state index is 0. The molecular formula is C15H22Br2Cl2N2O. The van der Waals surface area contributed by atoms with Crippen LogP contribution in [0.2, 0.25) is 0 Å². The lowest BCUT2D eigenvalue weighted by atomic mass is 9.76. The first-order valence-electron chi connectivity index (χ1n) is 7.29. The van der Waals surface area contributed by atoms with Crippen LogP contribution in [0.5, 0.6) is 5.75 Å². The average Bonchev–Trinajstić information content (AvgIpc) is 2.35. The number of phenols is 1. The summed E-state index contributed by atoms with van der Waals surface area (Å²) in [4.78, 5) is 2.54. The second-order valence-electron chi connectivity index (χ2n) is 5.74. The fourth-order valence-corrected chi connectivity index (χ4v) is 4.73. The fourth-order valence-electron chi connectivity index (χ4n) is 3.30. The quantitative estimate of drug-likeness (QED) is 0.674. The van der Waals surface area contributed by atoms with E-state index < -0.39 is 0 Å². The van der Waals surface area contributed by atoms with Crippen LogP contribution < -0.4 is 5.32 Å². The van der Waals surface area contributed by atoms with Crippen LogP contribution in [0.25, 0.3) is 0 Å². The van der Waals surface area contributed by atoms with Crippen LogP contribution in [0.3, 0.4) is 0 Å². The van der Waals surface area contributed by atoms with Crippen LogP contribution in [-0.2, 0) is 0 Å². The highest BCUT2D eigenvalue weighted by Crippen LogP contribution is 2.47. The molecule has 0 bridgehead atoms. The zero-order chi connectivity index (χ0) is 14.1. The van der Waals surface area contributed by atoms with Gasteiger partial charge in [0, 0.05) is 46.7 Å². The third-order valence-corrected chi connectivity index (χ3v) is 5.62. The summed E-state index contributed by atoms with van der Waals surface area (Å²) < 4.78 is 1.93. The molecule has 7 heteroatoms. The molecule has 126 valence electrons. The van der Waals surface area contributed by atoms with Crippen LogP contribution in [-0.4, -0.2) is 36.2 Å². The highest BCUT2D eigenvalue weighted by Gasteiger charge is 2.36. The van der Waals surface area contributed by atoms with E-state index in [9.17, 15) is 5.11 Å². The van der Waals surface area contributed by atoms with Crippen molar-refractivity contribution in [2.45, 2.75) is 25.3 Å². The first-order chi connectivity index (χ1) is 9.66. The molecule has 3 rings (SSSR count). The summed E-state index contributed by atoms with van der Waals surface area (Å²) in [5, 5.41) is 13.9. The fraction of sp³-hybridized carbons (Fsp3) is 0.600. The van der Waals surface area contributed by atoms with E-state index in [2.05, 4.69) is 42.1 Å². The van der Waals surface area contributed by atoms with Gasteiger partial charge in [-0.1, -0.05) is 38.3 Å². The van der Waals surface area contributed by atoms with Crippen LogP contribution >= 0.6 is 56.7 Å². The Morgan fingerprint density at radius 2 is 1.77 bits per heavy atom. The molecule has 2 aliphatic rings. The highest BCUT2D eigenvalue weighted by atomic mass is 79.9. The van der Waals surface area contributed by atoms with Crippen LogP contribution in [0, 0.1) is 5.92 Å². The Morgan fingerprint density at radius 1 is 1.14 bits per heavy atom. The van der Waals surface area contributed by atoms with E-state index in [0.717, 1.165) is 40.7 Å². The number of phenolic OH excluding ortho intramolecular Hbond substituents is 1. The molecule has 0 radical (unpaired) electrons. The third kappa shape index (κ3) is 4.31. The van der Waals surface area contributed by atoms with E-state index in [4.69, 9.17) is 0 Å². The Bertz CT molecular complexity index is 471. The smallest absolute Gasteiger partial charge is 0.122 e. The van der Waals surface area contributed by atoms with Crippen molar-refractivity contribution in [3.8, 4) is 5.75 Å². The summed E-state index contributed by atoms with van der Waals surface area (Å²) in [7, 11) is 0. The zero-order valence-electron chi connectivity index (χ0n) is 12.2. The minimum absolute atomic E-state index is 0. The van der Waals surface area contributed by atoms with Gasteiger partial charge < -0.3 is 10.4 Å². The number of nitrogens with zero attached hydrogens (tertiary/aromatic N) is 1. The first kappa shape index (κ1) is 20.5. The van der Waals surface area contributed by atoms with E-state index in [-0.39, 0.29) is 24.8 Å². The van der Waals surface area contributed by atoms with Gasteiger partial charge in [-0.2, -0.15) is 0 Å². The number of rotatable bonds is 3. The molecule has 1 aromatic rings. The Balaban J connectivity index is 0.00000121. The molecule has 2 N–H and O–H groups in total. The van der Waals surface area contributed by atoms with Crippen molar-refractivity contribution in [1.29, 1.82) is 0 Å². The van der Waals surface area contributed by atoms with Gasteiger partial charge in [-0.25, -0.2) is 0 Å². The van der Waals surface area contributed by atoms with Gasteiger partial charge in [-0.15, -0.1) is 24.8 Å². The number of aromatic hydroxyl groups is 1. The lowest BCUT2D eigenvalue weighted by Crippen LogP contribution is -2.48. The van der Waals surface area contributed by atoms with E-state index in [1.54, 1.807) is 0 Å². The zero-order valence-corrected chi connectivity index (χ0v) is 17.0. The lowest BCUT2D eigenvalue weighted by Gasteiger charge is -2.43. The molecule has 22 heavy (non-hydrogen) atoms. The molecule has 3 nitrogen and oxygen atoms in total. The second-order valence-corrected chi connectivity index (χ2v) is 7.51. The minimum Gasteiger partial charge on any atom is -0.508 e. The Hall–Kier alpha value is 0.480. The van der Waals surface area contributed by atoms with Gasteiger partial charge in [-0.3, -0.25) is 4.90 Å². The van der Waals surface area contributed by atoms with Gasteiger partial charge in [0.1, 0.15) is 5.75 Å². The monoisotopic (exact) mass is 474 g/mol. The normalized spacial score (nSPS) is 20.5. The van der Waals surface area contributed by atoms with Gasteiger partial charge in [-0.05, 0) is 30.9 Å². The maximum atomic E-state index is 10.4. The van der Waals surface area contributed by atoms with Crippen molar-refractivity contribution >= 4 is 56.7 Å². The molecule has 1 aromatic carbocycles. The van der Waals surface area contributed by atoms with E-state index >= 15 is 0 Å². The van der Waals surface area contributed by atoms with Crippen LogP contribution in [0.15, 0.2) is 21.1 Å². The standard InChI is InChI=1S/C15H20Br2N2O.2ClH/c16-11-8-12(17)14(13(20)9-11)15(10-2-1-3-10)19-6-4-18-5-7-19;;/h8-10,15,18,20H,1-7H2;2*1H/t15-;;/m1../s1. The summed E-state index contributed by atoms with van der Waals surface area (Å²) in [5.74, 6) is 1.08. The largest absolute Gasteiger partial charge is 0.508 e. The molecule has 0 aromatic heterocycles. The maximum absolute atomic E-state index is 10.4. The Labute approximate surface area is 161 Å². The number of benzene rings is 1.